The van der Waals surface area contributed by atoms with Gasteiger partial charge in [0.15, 0.2) is 11.5 Å². The van der Waals surface area contributed by atoms with Crippen molar-refractivity contribution >= 4 is 10.9 Å². The van der Waals surface area contributed by atoms with Gasteiger partial charge in [-0.3, -0.25) is 4.90 Å². The summed E-state index contributed by atoms with van der Waals surface area (Å²) in [7, 11) is 3.40. The largest absolute Gasteiger partial charge is 0.493 e. The van der Waals surface area contributed by atoms with E-state index in [0.717, 1.165) is 31.1 Å². The molecule has 0 N–H and O–H groups in total. The fourth-order valence-electron chi connectivity index (χ4n) is 5.40. The molecule has 2 aliphatic rings. The Morgan fingerprint density at radius 2 is 1.83 bits per heavy atom. The Kier molecular flexibility index (Phi) is 4.75. The van der Waals surface area contributed by atoms with Crippen molar-refractivity contribution < 1.29 is 9.47 Å². The lowest BCUT2D eigenvalue weighted by molar-refractivity contribution is 0.173. The number of benzene rings is 2. The highest BCUT2D eigenvalue weighted by molar-refractivity contribution is 5.87. The number of rotatable bonds is 4. The molecule has 29 heavy (non-hydrogen) atoms. The molecule has 4 nitrogen and oxygen atoms in total. The topological polar surface area (TPSA) is 26.6 Å². The van der Waals surface area contributed by atoms with Gasteiger partial charge >= 0.3 is 0 Å². The molecular weight excluding hydrogens is 360 g/mol. The zero-order valence-electron chi connectivity index (χ0n) is 17.7. The van der Waals surface area contributed by atoms with E-state index in [-0.39, 0.29) is 0 Å². The Labute approximate surface area is 173 Å². The minimum absolute atomic E-state index is 0.502. The molecule has 1 aromatic heterocycles. The van der Waals surface area contributed by atoms with Gasteiger partial charge in [0, 0.05) is 36.2 Å². The van der Waals surface area contributed by atoms with Gasteiger partial charge in [0.1, 0.15) is 0 Å². The van der Waals surface area contributed by atoms with Gasteiger partial charge in [0.05, 0.1) is 20.3 Å². The van der Waals surface area contributed by atoms with Gasteiger partial charge in [-0.05, 0) is 68.0 Å². The number of hydrogen-bond donors (Lipinski definition) is 0. The van der Waals surface area contributed by atoms with Gasteiger partial charge < -0.3 is 14.0 Å². The summed E-state index contributed by atoms with van der Waals surface area (Å²) in [5, 5.41) is 1.48. The second kappa shape index (κ2) is 7.42. The van der Waals surface area contributed by atoms with Crippen LogP contribution in [0.25, 0.3) is 10.9 Å². The second-order valence-electron chi connectivity index (χ2n) is 8.46. The van der Waals surface area contributed by atoms with Crippen LogP contribution in [0.1, 0.15) is 47.7 Å². The van der Waals surface area contributed by atoms with Gasteiger partial charge in [-0.25, -0.2) is 0 Å². The van der Waals surface area contributed by atoms with Crippen LogP contribution < -0.4 is 9.47 Å². The minimum atomic E-state index is 0.502. The Morgan fingerprint density at radius 3 is 2.66 bits per heavy atom. The number of hydrogen-bond acceptors (Lipinski definition) is 3. The molecule has 0 bridgehead atoms. The maximum atomic E-state index is 5.53. The summed E-state index contributed by atoms with van der Waals surface area (Å²) in [4.78, 5) is 2.69. The van der Waals surface area contributed by atoms with E-state index in [9.17, 15) is 0 Å². The van der Waals surface area contributed by atoms with Crippen LogP contribution in [-0.4, -0.2) is 30.2 Å². The molecule has 1 atom stereocenters. The Morgan fingerprint density at radius 1 is 0.966 bits per heavy atom. The van der Waals surface area contributed by atoms with Crippen molar-refractivity contribution in [2.75, 3.05) is 20.8 Å². The van der Waals surface area contributed by atoms with Crippen LogP contribution in [0.3, 0.4) is 0 Å². The van der Waals surface area contributed by atoms with E-state index in [1.165, 1.54) is 47.7 Å². The van der Waals surface area contributed by atoms with Crippen molar-refractivity contribution in [3.05, 3.63) is 58.8 Å². The van der Waals surface area contributed by atoms with Gasteiger partial charge in [-0.15, -0.1) is 0 Å². The summed E-state index contributed by atoms with van der Waals surface area (Å²) in [6.45, 7) is 5.41. The molecule has 0 saturated carbocycles. The summed E-state index contributed by atoms with van der Waals surface area (Å²) in [6, 6.07) is 13.8. The third-order valence-electron chi connectivity index (χ3n) is 6.69. The highest BCUT2D eigenvalue weighted by atomic mass is 16.5. The van der Waals surface area contributed by atoms with Crippen LogP contribution in [0, 0.1) is 6.92 Å². The molecular formula is C25H30N2O2. The normalized spacial score (nSPS) is 19.1. The van der Waals surface area contributed by atoms with Crippen LogP contribution >= 0.6 is 0 Å². The average molecular weight is 391 g/mol. The summed E-state index contributed by atoms with van der Waals surface area (Å²) in [5.41, 5.74) is 7.25. The van der Waals surface area contributed by atoms with Gasteiger partial charge in [-0.2, -0.15) is 0 Å². The minimum Gasteiger partial charge on any atom is -0.493 e. The van der Waals surface area contributed by atoms with E-state index in [1.54, 1.807) is 25.5 Å². The highest BCUT2D eigenvalue weighted by Crippen LogP contribution is 2.43. The predicted molar refractivity (Wildman–Crippen MR) is 117 cm³/mol. The first kappa shape index (κ1) is 18.6. The first-order chi connectivity index (χ1) is 14.2. The Bertz CT molecular complexity index is 1050. The maximum Gasteiger partial charge on any atom is 0.161 e. The number of ether oxygens (including phenoxy) is 2. The summed E-state index contributed by atoms with van der Waals surface area (Å²) in [6.07, 6.45) is 4.92. The molecule has 0 radical (unpaired) electrons. The molecule has 3 aromatic rings. The molecule has 5 rings (SSSR count). The predicted octanol–water partition coefficient (Wildman–Crippen LogP) is 5.25. The molecule has 0 fully saturated rings. The van der Waals surface area contributed by atoms with Crippen LogP contribution in [0.4, 0.5) is 0 Å². The first-order valence-corrected chi connectivity index (χ1v) is 10.8. The van der Waals surface area contributed by atoms with Crippen LogP contribution in [0.5, 0.6) is 11.5 Å². The number of aryl methyl sites for hydroxylation is 3. The third-order valence-corrected chi connectivity index (χ3v) is 6.69. The molecule has 0 spiro atoms. The Hall–Kier alpha value is -2.46. The van der Waals surface area contributed by atoms with Crippen molar-refractivity contribution in [2.45, 2.75) is 51.7 Å². The standard InChI is InChI=1S/C25H30N2O2/c1-17-8-10-21-20(14-17)19-6-4-7-22-25(19)27(21)13-5-12-26(22)16-18-9-11-23(28-2)24(15-18)29-3/h8-11,14-15,22H,4-7,12-13,16H2,1-3H3. The summed E-state index contributed by atoms with van der Waals surface area (Å²) >= 11 is 0. The van der Waals surface area contributed by atoms with Gasteiger partial charge in [0.25, 0.3) is 0 Å². The fraction of sp³-hybridized carbons (Fsp3) is 0.440. The Balaban J connectivity index is 1.54. The molecule has 1 aliphatic heterocycles. The molecule has 152 valence electrons. The quantitative estimate of drug-likeness (QED) is 0.609. The van der Waals surface area contributed by atoms with Gasteiger partial charge in [0.2, 0.25) is 0 Å². The molecule has 0 saturated heterocycles. The summed E-state index contributed by atoms with van der Waals surface area (Å²) < 4.78 is 13.6. The van der Waals surface area contributed by atoms with E-state index < -0.39 is 0 Å². The van der Waals surface area contributed by atoms with Crippen molar-refractivity contribution in [3.63, 3.8) is 0 Å². The van der Waals surface area contributed by atoms with Crippen molar-refractivity contribution in [3.8, 4) is 11.5 Å². The van der Waals surface area contributed by atoms with E-state index >= 15 is 0 Å². The molecule has 0 amide bonds. The SMILES string of the molecule is COc1ccc(CN2CCCn3c4c(c5cc(C)ccc53)CCCC42)cc1OC. The van der Waals surface area contributed by atoms with E-state index in [4.69, 9.17) is 9.47 Å². The number of aromatic nitrogens is 1. The maximum absolute atomic E-state index is 5.53. The molecule has 1 unspecified atom stereocenters. The van der Waals surface area contributed by atoms with Crippen molar-refractivity contribution in [2.24, 2.45) is 0 Å². The lowest BCUT2D eigenvalue weighted by Gasteiger charge is -2.33. The molecule has 2 aromatic carbocycles. The van der Waals surface area contributed by atoms with Crippen LogP contribution in [0.15, 0.2) is 36.4 Å². The highest BCUT2D eigenvalue weighted by Gasteiger charge is 2.33. The zero-order valence-corrected chi connectivity index (χ0v) is 17.7. The third kappa shape index (κ3) is 3.10. The number of fused-ring (bicyclic) bond motifs is 3. The van der Waals surface area contributed by atoms with E-state index in [2.05, 4.69) is 46.7 Å². The zero-order chi connectivity index (χ0) is 20.0. The number of nitrogens with zero attached hydrogens (tertiary/aromatic N) is 2. The van der Waals surface area contributed by atoms with Gasteiger partial charge in [-0.1, -0.05) is 17.7 Å². The van der Waals surface area contributed by atoms with Crippen LogP contribution in [-0.2, 0) is 19.5 Å². The molecule has 2 heterocycles. The van der Waals surface area contributed by atoms with Crippen molar-refractivity contribution in [1.29, 1.82) is 0 Å². The fourth-order valence-corrected chi connectivity index (χ4v) is 5.40. The lowest BCUT2D eigenvalue weighted by Crippen LogP contribution is -2.31. The molecule has 1 aliphatic carbocycles. The second-order valence-corrected chi connectivity index (χ2v) is 8.46. The van der Waals surface area contributed by atoms with Crippen LogP contribution in [0.2, 0.25) is 0 Å². The average Bonchev–Trinajstić information content (AvgIpc) is 2.93. The van der Waals surface area contributed by atoms with E-state index in [0.29, 0.717) is 6.04 Å². The smallest absolute Gasteiger partial charge is 0.161 e. The van der Waals surface area contributed by atoms with E-state index in [1.807, 2.05) is 6.07 Å². The summed E-state index contributed by atoms with van der Waals surface area (Å²) in [5.74, 6) is 1.61. The monoisotopic (exact) mass is 390 g/mol. The number of methoxy groups -OCH3 is 2. The molecule has 4 heteroatoms. The van der Waals surface area contributed by atoms with Crippen molar-refractivity contribution in [1.82, 2.24) is 9.47 Å². The first-order valence-electron chi connectivity index (χ1n) is 10.8. The lowest BCUT2D eigenvalue weighted by atomic mass is 9.90.